The fourth-order valence-electron chi connectivity index (χ4n) is 4.75. The van der Waals surface area contributed by atoms with Crippen LogP contribution in [0, 0.1) is 17.8 Å². The van der Waals surface area contributed by atoms with Crippen molar-refractivity contribution in [2.45, 2.75) is 52.2 Å². The summed E-state index contributed by atoms with van der Waals surface area (Å²) in [6, 6.07) is 8.05. The predicted molar refractivity (Wildman–Crippen MR) is 117 cm³/mol. The van der Waals surface area contributed by atoms with Crippen LogP contribution in [-0.2, 0) is 4.74 Å². The molecule has 0 bridgehead atoms. The van der Waals surface area contributed by atoms with Crippen molar-refractivity contribution in [3.05, 3.63) is 29.3 Å². The highest BCUT2D eigenvalue weighted by atomic mass is 35.5. The highest BCUT2D eigenvalue weighted by Gasteiger charge is 2.32. The van der Waals surface area contributed by atoms with Gasteiger partial charge in [0.15, 0.2) is 0 Å². The average Bonchev–Trinajstić information content (AvgIpc) is 2.67. The Hall–Kier alpha value is -0.810. The normalized spacial score (nSPS) is 27.9. The molecule has 1 aliphatic carbocycles. The molecule has 1 aromatic carbocycles. The van der Waals surface area contributed by atoms with Gasteiger partial charge in [0, 0.05) is 43.4 Å². The van der Waals surface area contributed by atoms with Gasteiger partial charge in [-0.15, -0.1) is 0 Å². The summed E-state index contributed by atoms with van der Waals surface area (Å²) in [4.78, 5) is 4.71. The van der Waals surface area contributed by atoms with Gasteiger partial charge in [-0.2, -0.15) is 0 Å². The maximum atomic E-state index is 10.5. The van der Waals surface area contributed by atoms with E-state index in [0.717, 1.165) is 43.5 Å². The Labute approximate surface area is 175 Å². The molecule has 1 aliphatic heterocycles. The molecular formula is C23H37ClN2O2. The van der Waals surface area contributed by atoms with Gasteiger partial charge in [0.25, 0.3) is 0 Å². The molecule has 4 atom stereocenters. The molecule has 0 aromatic heterocycles. The van der Waals surface area contributed by atoms with E-state index in [1.807, 2.05) is 18.2 Å². The number of hydrogen-bond acceptors (Lipinski definition) is 4. The summed E-state index contributed by atoms with van der Waals surface area (Å²) in [6.45, 7) is 11.9. The SMILES string of the molecule is CC(C)[C@@H]1CC[C@H](C)C[C@H]1OC[C@H](O)CN1CCN(c2cccc(Cl)c2)CC1. The Morgan fingerprint density at radius 2 is 1.93 bits per heavy atom. The fourth-order valence-corrected chi connectivity index (χ4v) is 4.94. The van der Waals surface area contributed by atoms with Crippen LogP contribution in [0.3, 0.4) is 0 Å². The number of hydrogen-bond donors (Lipinski definition) is 1. The van der Waals surface area contributed by atoms with Crippen LogP contribution in [0.2, 0.25) is 5.02 Å². The van der Waals surface area contributed by atoms with Crippen LogP contribution < -0.4 is 4.90 Å². The molecule has 3 rings (SSSR count). The van der Waals surface area contributed by atoms with Gasteiger partial charge in [-0.05, 0) is 48.8 Å². The highest BCUT2D eigenvalue weighted by molar-refractivity contribution is 6.30. The Kier molecular flexibility index (Phi) is 8.04. The van der Waals surface area contributed by atoms with Gasteiger partial charge in [-0.25, -0.2) is 0 Å². The molecule has 0 unspecified atom stereocenters. The molecule has 1 saturated heterocycles. The predicted octanol–water partition coefficient (Wildman–Crippen LogP) is 4.30. The molecule has 1 saturated carbocycles. The zero-order valence-corrected chi connectivity index (χ0v) is 18.4. The third kappa shape index (κ3) is 6.09. The second-order valence-electron chi connectivity index (χ2n) is 9.12. The maximum Gasteiger partial charge on any atom is 0.0900 e. The molecule has 1 N–H and O–H groups in total. The quantitative estimate of drug-likeness (QED) is 0.729. The van der Waals surface area contributed by atoms with Crippen molar-refractivity contribution in [2.75, 3.05) is 44.2 Å². The summed E-state index contributed by atoms with van der Waals surface area (Å²) in [5, 5.41) is 11.3. The maximum absolute atomic E-state index is 10.5. The van der Waals surface area contributed by atoms with Crippen molar-refractivity contribution in [3.63, 3.8) is 0 Å². The smallest absolute Gasteiger partial charge is 0.0900 e. The van der Waals surface area contributed by atoms with E-state index in [1.165, 1.54) is 18.5 Å². The van der Waals surface area contributed by atoms with E-state index in [9.17, 15) is 5.11 Å². The summed E-state index contributed by atoms with van der Waals surface area (Å²) in [5.74, 6) is 2.01. The number of ether oxygens (including phenoxy) is 1. The Morgan fingerprint density at radius 3 is 2.61 bits per heavy atom. The van der Waals surface area contributed by atoms with Crippen LogP contribution in [0.5, 0.6) is 0 Å². The topological polar surface area (TPSA) is 35.9 Å². The van der Waals surface area contributed by atoms with E-state index in [-0.39, 0.29) is 0 Å². The van der Waals surface area contributed by atoms with Crippen LogP contribution in [0.1, 0.15) is 40.0 Å². The zero-order valence-electron chi connectivity index (χ0n) is 17.7. The molecular weight excluding hydrogens is 372 g/mol. The van der Waals surface area contributed by atoms with Crippen LogP contribution >= 0.6 is 11.6 Å². The molecule has 5 heteroatoms. The highest BCUT2D eigenvalue weighted by Crippen LogP contribution is 2.35. The molecule has 2 fully saturated rings. The minimum atomic E-state index is -0.414. The molecule has 1 aromatic rings. The van der Waals surface area contributed by atoms with Crippen LogP contribution in [-0.4, -0.2) is 61.5 Å². The first kappa shape index (κ1) is 21.9. The Morgan fingerprint density at radius 1 is 1.18 bits per heavy atom. The van der Waals surface area contributed by atoms with Crippen molar-refractivity contribution in [3.8, 4) is 0 Å². The van der Waals surface area contributed by atoms with Gasteiger partial charge in [0.2, 0.25) is 0 Å². The van der Waals surface area contributed by atoms with Crippen molar-refractivity contribution >= 4 is 17.3 Å². The Balaban J connectivity index is 1.41. The van der Waals surface area contributed by atoms with E-state index in [2.05, 4.69) is 36.6 Å². The lowest BCUT2D eigenvalue weighted by molar-refractivity contribution is -0.0740. The lowest BCUT2D eigenvalue weighted by atomic mass is 9.75. The Bertz CT molecular complexity index is 604. The van der Waals surface area contributed by atoms with Crippen molar-refractivity contribution in [1.82, 2.24) is 4.90 Å². The van der Waals surface area contributed by atoms with E-state index in [4.69, 9.17) is 16.3 Å². The van der Waals surface area contributed by atoms with E-state index >= 15 is 0 Å². The van der Waals surface area contributed by atoms with Crippen LogP contribution in [0.4, 0.5) is 5.69 Å². The van der Waals surface area contributed by atoms with Crippen molar-refractivity contribution in [2.24, 2.45) is 17.8 Å². The summed E-state index contributed by atoms with van der Waals surface area (Å²) in [7, 11) is 0. The van der Waals surface area contributed by atoms with Gasteiger partial charge < -0.3 is 14.7 Å². The van der Waals surface area contributed by atoms with E-state index < -0.39 is 6.10 Å². The van der Waals surface area contributed by atoms with Crippen LogP contribution in [0.25, 0.3) is 0 Å². The second-order valence-corrected chi connectivity index (χ2v) is 9.56. The molecule has 4 nitrogen and oxygen atoms in total. The molecule has 0 spiro atoms. The number of nitrogens with zero attached hydrogens (tertiary/aromatic N) is 2. The van der Waals surface area contributed by atoms with E-state index in [0.29, 0.717) is 31.1 Å². The van der Waals surface area contributed by atoms with Gasteiger partial charge in [-0.3, -0.25) is 4.90 Å². The monoisotopic (exact) mass is 408 g/mol. The lowest BCUT2D eigenvalue weighted by Crippen LogP contribution is -2.49. The van der Waals surface area contributed by atoms with Gasteiger partial charge >= 0.3 is 0 Å². The number of benzene rings is 1. The number of rotatable bonds is 7. The number of piperazine rings is 1. The largest absolute Gasteiger partial charge is 0.389 e. The number of β-amino-alcohol motifs (C(OH)–C–C–N with tert-alkyl or cyclic N) is 1. The average molecular weight is 409 g/mol. The summed E-state index contributed by atoms with van der Waals surface area (Å²) >= 11 is 6.11. The van der Waals surface area contributed by atoms with Crippen LogP contribution in [0.15, 0.2) is 24.3 Å². The molecule has 2 aliphatic rings. The fraction of sp³-hybridized carbons (Fsp3) is 0.739. The summed E-state index contributed by atoms with van der Waals surface area (Å²) < 4.78 is 6.23. The van der Waals surface area contributed by atoms with E-state index in [1.54, 1.807) is 0 Å². The standard InChI is InChI=1S/C23H37ClN2O2/c1-17(2)22-8-7-18(3)13-23(22)28-16-21(27)15-25-9-11-26(12-10-25)20-6-4-5-19(24)14-20/h4-6,14,17-18,21-23,27H,7-13,15-16H2,1-3H3/t18-,21+,22-,23+/m0/s1. The van der Waals surface area contributed by atoms with Gasteiger partial charge in [-0.1, -0.05) is 44.9 Å². The molecule has 158 valence electrons. The molecule has 0 amide bonds. The minimum absolute atomic E-state index is 0.304. The third-order valence-electron chi connectivity index (χ3n) is 6.48. The molecule has 1 heterocycles. The summed E-state index contributed by atoms with van der Waals surface area (Å²) in [6.07, 6.45) is 3.59. The first-order chi connectivity index (χ1) is 13.4. The van der Waals surface area contributed by atoms with Gasteiger partial charge in [0.1, 0.15) is 0 Å². The van der Waals surface area contributed by atoms with Crippen molar-refractivity contribution in [1.29, 1.82) is 0 Å². The second kappa shape index (κ2) is 10.3. The number of halogens is 1. The van der Waals surface area contributed by atoms with Gasteiger partial charge in [0.05, 0.1) is 18.8 Å². The van der Waals surface area contributed by atoms with Crippen molar-refractivity contribution < 1.29 is 9.84 Å². The molecule has 0 radical (unpaired) electrons. The third-order valence-corrected chi connectivity index (χ3v) is 6.71. The minimum Gasteiger partial charge on any atom is -0.389 e. The number of aliphatic hydroxyl groups is 1. The lowest BCUT2D eigenvalue weighted by Gasteiger charge is -2.39. The summed E-state index contributed by atoms with van der Waals surface area (Å²) in [5.41, 5.74) is 1.18. The number of anilines is 1. The number of aliphatic hydroxyl groups excluding tert-OH is 1. The zero-order chi connectivity index (χ0) is 20.1. The molecule has 28 heavy (non-hydrogen) atoms. The first-order valence-corrected chi connectivity index (χ1v) is 11.3. The first-order valence-electron chi connectivity index (χ1n) is 10.9.